The van der Waals surface area contributed by atoms with Crippen LogP contribution in [-0.2, 0) is 12.7 Å². The second-order valence-electron chi connectivity index (χ2n) is 5.54. The molecular formula is C15H21F3N2. The molecule has 0 aliphatic carbocycles. The molecule has 0 radical (unpaired) electrons. The molecule has 2 rings (SSSR count). The fraction of sp³-hybridized carbons (Fsp3) is 0.600. The van der Waals surface area contributed by atoms with Gasteiger partial charge in [0.2, 0.25) is 0 Å². The van der Waals surface area contributed by atoms with Gasteiger partial charge in [-0.15, -0.1) is 0 Å². The average molecular weight is 286 g/mol. The lowest BCUT2D eigenvalue weighted by Crippen LogP contribution is -2.33. The zero-order valence-corrected chi connectivity index (χ0v) is 11.7. The van der Waals surface area contributed by atoms with Crippen LogP contribution in [0.1, 0.15) is 37.3 Å². The van der Waals surface area contributed by atoms with Gasteiger partial charge in [0.25, 0.3) is 0 Å². The zero-order valence-electron chi connectivity index (χ0n) is 11.7. The van der Waals surface area contributed by atoms with Gasteiger partial charge in [0.15, 0.2) is 0 Å². The van der Waals surface area contributed by atoms with E-state index in [0.29, 0.717) is 12.1 Å². The molecule has 0 bridgehead atoms. The molecule has 2 nitrogen and oxygen atoms in total. The quantitative estimate of drug-likeness (QED) is 0.854. The first-order valence-electron chi connectivity index (χ1n) is 7.08. The number of piperidine rings is 1. The molecule has 5 heteroatoms. The number of halogens is 3. The number of hydrogen-bond donors (Lipinski definition) is 1. The van der Waals surface area contributed by atoms with Crippen molar-refractivity contribution in [3.05, 3.63) is 29.3 Å². The molecule has 0 atom stereocenters. The van der Waals surface area contributed by atoms with Gasteiger partial charge in [-0.1, -0.05) is 19.4 Å². The second-order valence-corrected chi connectivity index (χ2v) is 5.54. The monoisotopic (exact) mass is 286 g/mol. The molecule has 20 heavy (non-hydrogen) atoms. The van der Waals surface area contributed by atoms with Crippen molar-refractivity contribution in [2.75, 3.05) is 18.8 Å². The number of likely N-dealkylation sites (tertiary alicyclic amines) is 1. The van der Waals surface area contributed by atoms with Crippen LogP contribution in [0.5, 0.6) is 0 Å². The van der Waals surface area contributed by atoms with Crippen molar-refractivity contribution in [3.63, 3.8) is 0 Å². The third kappa shape index (κ3) is 3.66. The Morgan fingerprint density at radius 2 is 1.90 bits per heavy atom. The Kier molecular flexibility index (Phi) is 4.58. The number of nitrogen functional groups attached to an aromatic ring is 1. The topological polar surface area (TPSA) is 29.3 Å². The summed E-state index contributed by atoms with van der Waals surface area (Å²) >= 11 is 0. The van der Waals surface area contributed by atoms with E-state index in [2.05, 4.69) is 11.8 Å². The minimum absolute atomic E-state index is 0.158. The third-order valence-electron chi connectivity index (χ3n) is 4.12. The van der Waals surface area contributed by atoms with E-state index in [1.165, 1.54) is 6.07 Å². The fourth-order valence-corrected chi connectivity index (χ4v) is 2.79. The highest BCUT2D eigenvalue weighted by Gasteiger charge is 2.34. The summed E-state index contributed by atoms with van der Waals surface area (Å²) in [7, 11) is 0. The largest absolute Gasteiger partial charge is 0.416 e. The fourth-order valence-electron chi connectivity index (χ4n) is 2.79. The van der Waals surface area contributed by atoms with E-state index >= 15 is 0 Å². The predicted octanol–water partition coefficient (Wildman–Crippen LogP) is 3.91. The zero-order chi connectivity index (χ0) is 14.8. The van der Waals surface area contributed by atoms with Gasteiger partial charge in [0.05, 0.1) is 5.56 Å². The van der Waals surface area contributed by atoms with E-state index in [0.717, 1.165) is 44.3 Å². The molecule has 1 fully saturated rings. The second kappa shape index (κ2) is 6.04. The lowest BCUT2D eigenvalue weighted by atomic mass is 9.94. The summed E-state index contributed by atoms with van der Waals surface area (Å²) < 4.78 is 39.1. The van der Waals surface area contributed by atoms with Gasteiger partial charge >= 0.3 is 6.18 Å². The Balaban J connectivity index is 2.10. The van der Waals surface area contributed by atoms with Gasteiger partial charge in [-0.25, -0.2) is 0 Å². The van der Waals surface area contributed by atoms with Gasteiger partial charge in [-0.3, -0.25) is 4.90 Å². The lowest BCUT2D eigenvalue weighted by Gasteiger charge is -2.32. The van der Waals surface area contributed by atoms with Crippen molar-refractivity contribution in [1.29, 1.82) is 0 Å². The van der Waals surface area contributed by atoms with Crippen LogP contribution in [0.4, 0.5) is 18.9 Å². The minimum atomic E-state index is -4.34. The molecule has 0 spiro atoms. The molecule has 1 heterocycles. The standard InChI is InChI=1S/C15H21F3N2/c1-2-11-5-7-20(8-6-11)10-12-3-4-13(19)9-14(12)15(16,17)18/h3-4,9,11H,2,5-8,10,19H2,1H3. The molecule has 1 saturated heterocycles. The highest BCUT2D eigenvalue weighted by molar-refractivity contribution is 5.46. The smallest absolute Gasteiger partial charge is 0.399 e. The van der Waals surface area contributed by atoms with Crippen molar-refractivity contribution in [3.8, 4) is 0 Å². The normalized spacial score (nSPS) is 18.4. The Bertz CT molecular complexity index is 449. The van der Waals surface area contributed by atoms with Crippen molar-refractivity contribution in [1.82, 2.24) is 4.90 Å². The van der Waals surface area contributed by atoms with Crippen molar-refractivity contribution < 1.29 is 13.2 Å². The lowest BCUT2D eigenvalue weighted by molar-refractivity contribution is -0.138. The van der Waals surface area contributed by atoms with Gasteiger partial charge in [-0.05, 0) is 49.5 Å². The first kappa shape index (κ1) is 15.2. The molecule has 1 aromatic carbocycles. The molecule has 0 unspecified atom stereocenters. The number of alkyl halides is 3. The molecule has 0 saturated carbocycles. The Morgan fingerprint density at radius 3 is 2.45 bits per heavy atom. The summed E-state index contributed by atoms with van der Waals surface area (Å²) in [5.41, 5.74) is 5.36. The SMILES string of the molecule is CCC1CCN(Cc2ccc(N)cc2C(F)(F)F)CC1. The van der Waals surface area contributed by atoms with E-state index in [4.69, 9.17) is 5.73 Å². The molecule has 1 aromatic rings. The van der Waals surface area contributed by atoms with Crippen LogP contribution in [0.2, 0.25) is 0 Å². The highest BCUT2D eigenvalue weighted by atomic mass is 19.4. The maximum atomic E-state index is 13.0. The van der Waals surface area contributed by atoms with E-state index in [1.54, 1.807) is 6.07 Å². The number of hydrogen-bond acceptors (Lipinski definition) is 2. The number of nitrogens with two attached hydrogens (primary N) is 1. The average Bonchev–Trinajstić information content (AvgIpc) is 2.40. The maximum absolute atomic E-state index is 13.0. The molecule has 2 N–H and O–H groups in total. The van der Waals surface area contributed by atoms with E-state index in [-0.39, 0.29) is 5.69 Å². The van der Waals surface area contributed by atoms with Crippen LogP contribution >= 0.6 is 0 Å². The van der Waals surface area contributed by atoms with E-state index in [1.807, 2.05) is 0 Å². The van der Waals surface area contributed by atoms with E-state index in [9.17, 15) is 13.2 Å². The van der Waals surface area contributed by atoms with Gasteiger partial charge < -0.3 is 5.73 Å². The van der Waals surface area contributed by atoms with Gasteiger partial charge in [0, 0.05) is 12.2 Å². The minimum Gasteiger partial charge on any atom is -0.399 e. The summed E-state index contributed by atoms with van der Waals surface area (Å²) in [6, 6.07) is 4.08. The predicted molar refractivity (Wildman–Crippen MR) is 74.1 cm³/mol. The first-order chi connectivity index (χ1) is 9.40. The number of rotatable bonds is 3. The van der Waals surface area contributed by atoms with Gasteiger partial charge in [0.1, 0.15) is 0 Å². The maximum Gasteiger partial charge on any atom is 0.416 e. The summed E-state index contributed by atoms with van der Waals surface area (Å²) in [6.07, 6.45) is -1.03. The summed E-state index contributed by atoms with van der Waals surface area (Å²) in [5.74, 6) is 0.722. The molecule has 1 aliphatic rings. The summed E-state index contributed by atoms with van der Waals surface area (Å²) in [6.45, 7) is 4.27. The Labute approximate surface area is 117 Å². The van der Waals surface area contributed by atoms with Crippen LogP contribution in [0.15, 0.2) is 18.2 Å². The van der Waals surface area contributed by atoms with Crippen LogP contribution in [-0.4, -0.2) is 18.0 Å². The molecule has 1 aliphatic heterocycles. The molecule has 112 valence electrons. The number of nitrogens with zero attached hydrogens (tertiary/aromatic N) is 1. The first-order valence-corrected chi connectivity index (χ1v) is 7.08. The van der Waals surface area contributed by atoms with Crippen LogP contribution in [0, 0.1) is 5.92 Å². The highest BCUT2D eigenvalue weighted by Crippen LogP contribution is 2.34. The van der Waals surface area contributed by atoms with Crippen LogP contribution in [0.3, 0.4) is 0 Å². The van der Waals surface area contributed by atoms with Crippen molar-refractivity contribution in [2.24, 2.45) is 5.92 Å². The number of benzene rings is 1. The van der Waals surface area contributed by atoms with Crippen molar-refractivity contribution >= 4 is 5.69 Å². The summed E-state index contributed by atoms with van der Waals surface area (Å²) in [4.78, 5) is 2.10. The molecule has 0 aromatic heterocycles. The molecule has 0 amide bonds. The Hall–Kier alpha value is -1.23. The molecular weight excluding hydrogens is 265 g/mol. The van der Waals surface area contributed by atoms with Crippen LogP contribution < -0.4 is 5.73 Å². The van der Waals surface area contributed by atoms with Gasteiger partial charge in [-0.2, -0.15) is 13.2 Å². The van der Waals surface area contributed by atoms with Crippen LogP contribution in [0.25, 0.3) is 0 Å². The Morgan fingerprint density at radius 1 is 1.25 bits per heavy atom. The number of anilines is 1. The third-order valence-corrected chi connectivity index (χ3v) is 4.12. The van der Waals surface area contributed by atoms with E-state index < -0.39 is 11.7 Å². The summed E-state index contributed by atoms with van der Waals surface area (Å²) in [5, 5.41) is 0. The van der Waals surface area contributed by atoms with Crippen molar-refractivity contribution in [2.45, 2.75) is 38.9 Å².